The van der Waals surface area contributed by atoms with Crippen LogP contribution in [0, 0.1) is 0 Å². The van der Waals surface area contributed by atoms with Crippen LogP contribution in [-0.4, -0.2) is 21.4 Å². The van der Waals surface area contributed by atoms with Gasteiger partial charge >= 0.3 is 0 Å². The molecule has 0 aliphatic heterocycles. The molecule has 0 saturated carbocycles. The standard InChI is InChI=1S/C14H19N3OS/c1-4-19-11-7-5-10(6-8-11)13-16-12(18-17-13)9-14(2,3)15/h5-8H,4,9,15H2,1-3H3. The van der Waals surface area contributed by atoms with E-state index in [9.17, 15) is 0 Å². The van der Waals surface area contributed by atoms with Crippen molar-refractivity contribution in [2.24, 2.45) is 5.73 Å². The molecule has 4 nitrogen and oxygen atoms in total. The van der Waals surface area contributed by atoms with Crippen molar-refractivity contribution >= 4 is 11.8 Å². The summed E-state index contributed by atoms with van der Waals surface area (Å²) in [6, 6.07) is 8.18. The zero-order chi connectivity index (χ0) is 13.9. The van der Waals surface area contributed by atoms with Gasteiger partial charge in [0, 0.05) is 22.4 Å². The van der Waals surface area contributed by atoms with Crippen LogP contribution in [0.1, 0.15) is 26.7 Å². The summed E-state index contributed by atoms with van der Waals surface area (Å²) >= 11 is 1.81. The quantitative estimate of drug-likeness (QED) is 0.851. The van der Waals surface area contributed by atoms with E-state index >= 15 is 0 Å². The van der Waals surface area contributed by atoms with Crippen molar-refractivity contribution < 1.29 is 4.52 Å². The lowest BCUT2D eigenvalue weighted by Gasteiger charge is -2.14. The second-order valence-electron chi connectivity index (χ2n) is 5.13. The highest BCUT2D eigenvalue weighted by Gasteiger charge is 2.17. The molecule has 2 rings (SSSR count). The third-order valence-electron chi connectivity index (χ3n) is 2.50. The molecule has 1 heterocycles. The number of thioether (sulfide) groups is 1. The Labute approximate surface area is 117 Å². The van der Waals surface area contributed by atoms with Gasteiger partial charge in [-0.2, -0.15) is 4.98 Å². The molecule has 0 atom stereocenters. The summed E-state index contributed by atoms with van der Waals surface area (Å²) in [5.41, 5.74) is 6.56. The van der Waals surface area contributed by atoms with Crippen LogP contribution in [0.5, 0.6) is 0 Å². The van der Waals surface area contributed by atoms with Crippen molar-refractivity contribution in [1.82, 2.24) is 10.1 Å². The Morgan fingerprint density at radius 3 is 2.53 bits per heavy atom. The van der Waals surface area contributed by atoms with E-state index in [4.69, 9.17) is 10.3 Å². The molecule has 19 heavy (non-hydrogen) atoms. The van der Waals surface area contributed by atoms with Gasteiger partial charge in [0.2, 0.25) is 11.7 Å². The number of nitrogens with two attached hydrogens (primary N) is 1. The predicted molar refractivity (Wildman–Crippen MR) is 78.1 cm³/mol. The fourth-order valence-corrected chi connectivity index (χ4v) is 2.36. The Bertz CT molecular complexity index is 528. The molecule has 1 aromatic heterocycles. The molecule has 0 bridgehead atoms. The molecular weight excluding hydrogens is 258 g/mol. The highest BCUT2D eigenvalue weighted by molar-refractivity contribution is 7.99. The molecular formula is C14H19N3OS. The second kappa shape index (κ2) is 5.75. The lowest BCUT2D eigenvalue weighted by molar-refractivity contribution is 0.348. The van der Waals surface area contributed by atoms with Gasteiger partial charge < -0.3 is 10.3 Å². The van der Waals surface area contributed by atoms with E-state index in [2.05, 4.69) is 29.2 Å². The van der Waals surface area contributed by atoms with Crippen LogP contribution < -0.4 is 5.73 Å². The average molecular weight is 277 g/mol. The zero-order valence-corrected chi connectivity index (χ0v) is 12.3. The van der Waals surface area contributed by atoms with Crippen molar-refractivity contribution in [3.8, 4) is 11.4 Å². The fraction of sp³-hybridized carbons (Fsp3) is 0.429. The molecule has 1 aromatic carbocycles. The van der Waals surface area contributed by atoms with E-state index in [0.717, 1.165) is 11.3 Å². The molecule has 2 N–H and O–H groups in total. The van der Waals surface area contributed by atoms with Crippen molar-refractivity contribution in [1.29, 1.82) is 0 Å². The van der Waals surface area contributed by atoms with E-state index in [-0.39, 0.29) is 5.54 Å². The normalized spacial score (nSPS) is 11.8. The first-order valence-corrected chi connectivity index (χ1v) is 7.31. The molecule has 0 saturated heterocycles. The number of hydrogen-bond donors (Lipinski definition) is 1. The van der Waals surface area contributed by atoms with Crippen LogP contribution >= 0.6 is 11.8 Å². The maximum absolute atomic E-state index is 5.94. The van der Waals surface area contributed by atoms with Crippen molar-refractivity contribution in [2.75, 3.05) is 5.75 Å². The fourth-order valence-electron chi connectivity index (χ4n) is 1.70. The van der Waals surface area contributed by atoms with Gasteiger partial charge in [0.25, 0.3) is 0 Å². The highest BCUT2D eigenvalue weighted by atomic mass is 32.2. The molecule has 0 aliphatic rings. The summed E-state index contributed by atoms with van der Waals surface area (Å²) in [7, 11) is 0. The minimum absolute atomic E-state index is 0.342. The highest BCUT2D eigenvalue weighted by Crippen LogP contribution is 2.22. The molecule has 2 aromatic rings. The molecule has 5 heteroatoms. The molecule has 0 unspecified atom stereocenters. The van der Waals surface area contributed by atoms with E-state index in [0.29, 0.717) is 18.1 Å². The van der Waals surface area contributed by atoms with Crippen molar-refractivity contribution in [3.05, 3.63) is 30.2 Å². The van der Waals surface area contributed by atoms with Crippen LogP contribution in [0.4, 0.5) is 0 Å². The van der Waals surface area contributed by atoms with Crippen molar-refractivity contribution in [3.63, 3.8) is 0 Å². The first-order valence-electron chi connectivity index (χ1n) is 6.32. The first kappa shape index (κ1) is 14.1. The van der Waals surface area contributed by atoms with Gasteiger partial charge in [0.1, 0.15) is 0 Å². The van der Waals surface area contributed by atoms with Crippen LogP contribution in [0.15, 0.2) is 33.7 Å². The van der Waals surface area contributed by atoms with Gasteiger partial charge in [0.05, 0.1) is 0 Å². The van der Waals surface area contributed by atoms with Gasteiger partial charge in [-0.1, -0.05) is 12.1 Å². The second-order valence-corrected chi connectivity index (χ2v) is 6.47. The molecule has 0 aliphatic carbocycles. The van der Waals surface area contributed by atoms with E-state index in [1.54, 1.807) is 0 Å². The van der Waals surface area contributed by atoms with Gasteiger partial charge in [-0.3, -0.25) is 0 Å². The van der Waals surface area contributed by atoms with Crippen LogP contribution in [0.25, 0.3) is 11.4 Å². The van der Waals surface area contributed by atoms with E-state index in [1.807, 2.05) is 37.7 Å². The summed E-state index contributed by atoms with van der Waals surface area (Å²) in [6.45, 7) is 6.01. The Balaban J connectivity index is 2.13. The average Bonchev–Trinajstić information content (AvgIpc) is 2.76. The molecule has 0 radical (unpaired) electrons. The third-order valence-corrected chi connectivity index (χ3v) is 3.39. The Hall–Kier alpha value is -1.33. The van der Waals surface area contributed by atoms with E-state index < -0.39 is 0 Å². The Morgan fingerprint density at radius 1 is 1.26 bits per heavy atom. The minimum Gasteiger partial charge on any atom is -0.339 e. The molecule has 102 valence electrons. The molecule has 0 amide bonds. The maximum Gasteiger partial charge on any atom is 0.228 e. The summed E-state index contributed by atoms with van der Waals surface area (Å²) in [5, 5.41) is 4.00. The van der Waals surface area contributed by atoms with Crippen molar-refractivity contribution in [2.45, 2.75) is 37.6 Å². The number of hydrogen-bond acceptors (Lipinski definition) is 5. The predicted octanol–water partition coefficient (Wildman–Crippen LogP) is 3.13. The maximum atomic E-state index is 5.94. The van der Waals surface area contributed by atoms with Crippen LogP contribution in [-0.2, 0) is 6.42 Å². The number of benzene rings is 1. The van der Waals surface area contributed by atoms with Gasteiger partial charge in [0.15, 0.2) is 0 Å². The summed E-state index contributed by atoms with van der Waals surface area (Å²) in [6.07, 6.45) is 0.573. The lowest BCUT2D eigenvalue weighted by atomic mass is 10.0. The number of nitrogens with zero attached hydrogens (tertiary/aromatic N) is 2. The Morgan fingerprint density at radius 2 is 1.95 bits per heavy atom. The van der Waals surface area contributed by atoms with Crippen LogP contribution in [0.3, 0.4) is 0 Å². The monoisotopic (exact) mass is 277 g/mol. The third kappa shape index (κ3) is 4.08. The minimum atomic E-state index is -0.342. The SMILES string of the molecule is CCSc1ccc(-c2noc(CC(C)(C)N)n2)cc1. The van der Waals surface area contributed by atoms with E-state index in [1.165, 1.54) is 4.90 Å². The Kier molecular flexibility index (Phi) is 4.27. The zero-order valence-electron chi connectivity index (χ0n) is 11.5. The smallest absolute Gasteiger partial charge is 0.228 e. The topological polar surface area (TPSA) is 64.9 Å². The number of aromatic nitrogens is 2. The number of rotatable bonds is 5. The van der Waals surface area contributed by atoms with Crippen LogP contribution in [0.2, 0.25) is 0 Å². The molecule has 0 spiro atoms. The van der Waals surface area contributed by atoms with Gasteiger partial charge in [-0.25, -0.2) is 0 Å². The first-order chi connectivity index (χ1) is 8.98. The summed E-state index contributed by atoms with van der Waals surface area (Å²) in [4.78, 5) is 5.63. The summed E-state index contributed by atoms with van der Waals surface area (Å²) < 4.78 is 5.23. The lowest BCUT2D eigenvalue weighted by Crippen LogP contribution is -2.34. The van der Waals surface area contributed by atoms with Gasteiger partial charge in [-0.05, 0) is 43.9 Å². The van der Waals surface area contributed by atoms with Gasteiger partial charge in [-0.15, -0.1) is 11.8 Å². The summed E-state index contributed by atoms with van der Waals surface area (Å²) in [5.74, 6) is 2.26. The molecule has 0 fully saturated rings. The largest absolute Gasteiger partial charge is 0.339 e.